The van der Waals surface area contributed by atoms with Gasteiger partial charge in [0.15, 0.2) is 23.1 Å². The van der Waals surface area contributed by atoms with Crippen molar-refractivity contribution in [3.8, 4) is 17.2 Å². The maximum Gasteiger partial charge on any atom is 0.222 e. The van der Waals surface area contributed by atoms with Crippen LogP contribution in [0.3, 0.4) is 0 Å². The molecule has 2 aromatic rings. The lowest BCUT2D eigenvalue weighted by Crippen LogP contribution is -2.12. The highest BCUT2D eigenvalue weighted by Crippen LogP contribution is 2.32. The minimum absolute atomic E-state index is 0.209. The van der Waals surface area contributed by atoms with Gasteiger partial charge in [0.1, 0.15) is 6.61 Å². The first-order valence-corrected chi connectivity index (χ1v) is 9.88. The van der Waals surface area contributed by atoms with Crippen molar-refractivity contribution >= 4 is 11.8 Å². The Morgan fingerprint density at radius 1 is 1.14 bits per heavy atom. The molecule has 1 aliphatic carbocycles. The topological polar surface area (TPSA) is 104 Å². The van der Waals surface area contributed by atoms with E-state index in [2.05, 4.69) is 27.2 Å². The first-order chi connectivity index (χ1) is 13.7. The Labute approximate surface area is 165 Å². The number of nitrogens with two attached hydrogens (primary N) is 1. The standard InChI is InChI=1S/C20H29N5O3/c1-3-4-9-22-19-18(12-24-20(21)25-19)27-13-14-10-16(17(26-2)11-23-14)28-15-7-5-6-8-15/h10-12,15H,3-9,13H2,1-2H3,(H3,21,22,24,25). The molecule has 0 unspecified atom stereocenters. The number of nitrogens with one attached hydrogen (secondary N) is 1. The summed E-state index contributed by atoms with van der Waals surface area (Å²) in [5.41, 5.74) is 6.45. The first-order valence-electron chi connectivity index (χ1n) is 9.88. The first kappa shape index (κ1) is 20.0. The van der Waals surface area contributed by atoms with Crippen molar-refractivity contribution in [2.45, 2.75) is 58.2 Å². The van der Waals surface area contributed by atoms with Crippen LogP contribution >= 0.6 is 0 Å². The van der Waals surface area contributed by atoms with Gasteiger partial charge in [0, 0.05) is 12.6 Å². The molecule has 152 valence electrons. The molecule has 0 atom stereocenters. The average Bonchev–Trinajstić information content (AvgIpc) is 3.21. The number of nitrogens with zero attached hydrogens (tertiary/aromatic N) is 3. The van der Waals surface area contributed by atoms with Gasteiger partial charge in [-0.3, -0.25) is 4.98 Å². The Bertz CT molecular complexity index is 766. The third-order valence-electron chi connectivity index (χ3n) is 4.68. The maximum atomic E-state index is 6.12. The van der Waals surface area contributed by atoms with E-state index in [0.717, 1.165) is 37.9 Å². The third kappa shape index (κ3) is 5.37. The summed E-state index contributed by atoms with van der Waals surface area (Å²) in [5.74, 6) is 2.69. The van der Waals surface area contributed by atoms with Gasteiger partial charge in [0.05, 0.1) is 31.3 Å². The molecule has 0 spiro atoms. The zero-order valence-electron chi connectivity index (χ0n) is 16.6. The summed E-state index contributed by atoms with van der Waals surface area (Å²) in [6.45, 7) is 3.19. The summed E-state index contributed by atoms with van der Waals surface area (Å²) in [5, 5.41) is 3.25. The Morgan fingerprint density at radius 2 is 1.93 bits per heavy atom. The van der Waals surface area contributed by atoms with Gasteiger partial charge in [0.25, 0.3) is 0 Å². The van der Waals surface area contributed by atoms with Crippen LogP contribution in [-0.2, 0) is 6.61 Å². The number of anilines is 2. The second kappa shape index (κ2) is 9.96. The number of unbranched alkanes of at least 4 members (excludes halogenated alkanes) is 1. The number of nitrogen functional groups attached to an aromatic ring is 1. The van der Waals surface area contributed by atoms with E-state index >= 15 is 0 Å². The number of ether oxygens (including phenoxy) is 3. The molecule has 1 saturated carbocycles. The molecule has 2 heterocycles. The summed E-state index contributed by atoms with van der Waals surface area (Å²) in [7, 11) is 1.62. The second-order valence-electron chi connectivity index (χ2n) is 6.86. The van der Waals surface area contributed by atoms with Crippen LogP contribution in [0.25, 0.3) is 0 Å². The van der Waals surface area contributed by atoms with Gasteiger partial charge in [-0.05, 0) is 32.1 Å². The molecule has 0 aromatic carbocycles. The highest BCUT2D eigenvalue weighted by atomic mass is 16.5. The Morgan fingerprint density at radius 3 is 2.68 bits per heavy atom. The van der Waals surface area contributed by atoms with E-state index in [1.165, 1.54) is 12.8 Å². The molecular weight excluding hydrogens is 358 g/mol. The third-order valence-corrected chi connectivity index (χ3v) is 4.68. The van der Waals surface area contributed by atoms with E-state index in [-0.39, 0.29) is 18.7 Å². The van der Waals surface area contributed by atoms with Crippen LogP contribution in [0.5, 0.6) is 17.2 Å². The predicted molar refractivity (Wildman–Crippen MR) is 108 cm³/mol. The monoisotopic (exact) mass is 387 g/mol. The number of aromatic nitrogens is 3. The summed E-state index contributed by atoms with van der Waals surface area (Å²) < 4.78 is 17.4. The van der Waals surface area contributed by atoms with Gasteiger partial charge in [-0.1, -0.05) is 13.3 Å². The molecule has 1 aliphatic rings. The molecule has 0 saturated heterocycles. The van der Waals surface area contributed by atoms with Crippen LogP contribution in [0.2, 0.25) is 0 Å². The predicted octanol–water partition coefficient (Wildman–Crippen LogP) is 3.57. The van der Waals surface area contributed by atoms with Crippen molar-refractivity contribution < 1.29 is 14.2 Å². The zero-order chi connectivity index (χ0) is 19.8. The number of pyridine rings is 1. The van der Waals surface area contributed by atoms with Gasteiger partial charge >= 0.3 is 0 Å². The van der Waals surface area contributed by atoms with Gasteiger partial charge in [0.2, 0.25) is 5.95 Å². The zero-order valence-corrected chi connectivity index (χ0v) is 16.6. The highest BCUT2D eigenvalue weighted by Gasteiger charge is 2.19. The Hall–Kier alpha value is -2.77. The summed E-state index contributed by atoms with van der Waals surface area (Å²) >= 11 is 0. The van der Waals surface area contributed by atoms with Gasteiger partial charge in [-0.25, -0.2) is 4.98 Å². The molecule has 8 heteroatoms. The number of rotatable bonds is 10. The van der Waals surface area contributed by atoms with Crippen molar-refractivity contribution in [2.75, 3.05) is 24.7 Å². The molecular formula is C20H29N5O3. The van der Waals surface area contributed by atoms with Crippen LogP contribution in [0.1, 0.15) is 51.1 Å². The van der Waals surface area contributed by atoms with Gasteiger partial charge in [-0.2, -0.15) is 4.98 Å². The normalized spacial score (nSPS) is 14.1. The quantitative estimate of drug-likeness (QED) is 0.596. The lowest BCUT2D eigenvalue weighted by molar-refractivity contribution is 0.199. The molecule has 0 bridgehead atoms. The lowest BCUT2D eigenvalue weighted by atomic mass is 10.3. The van der Waals surface area contributed by atoms with E-state index in [9.17, 15) is 0 Å². The fourth-order valence-corrected chi connectivity index (χ4v) is 3.13. The largest absolute Gasteiger partial charge is 0.491 e. The molecule has 1 fully saturated rings. The van der Waals surface area contributed by atoms with E-state index < -0.39 is 0 Å². The summed E-state index contributed by atoms with van der Waals surface area (Å²) in [4.78, 5) is 12.7. The van der Waals surface area contributed by atoms with Gasteiger partial charge in [-0.15, -0.1) is 0 Å². The fraction of sp³-hybridized carbons (Fsp3) is 0.550. The summed E-state index contributed by atoms with van der Waals surface area (Å²) in [6.07, 6.45) is 10.2. The maximum absolute atomic E-state index is 6.12. The van der Waals surface area contributed by atoms with Gasteiger partial charge < -0.3 is 25.3 Å². The smallest absolute Gasteiger partial charge is 0.222 e. The van der Waals surface area contributed by atoms with Crippen molar-refractivity contribution in [2.24, 2.45) is 0 Å². The second-order valence-corrected chi connectivity index (χ2v) is 6.86. The van der Waals surface area contributed by atoms with E-state index in [1.807, 2.05) is 6.07 Å². The molecule has 2 aromatic heterocycles. The lowest BCUT2D eigenvalue weighted by Gasteiger charge is -2.17. The van der Waals surface area contributed by atoms with Crippen molar-refractivity contribution in [1.29, 1.82) is 0 Å². The Kier molecular flexibility index (Phi) is 7.11. The van der Waals surface area contributed by atoms with E-state index in [1.54, 1.807) is 19.5 Å². The molecule has 3 N–H and O–H groups in total. The minimum Gasteiger partial charge on any atom is -0.491 e. The summed E-state index contributed by atoms with van der Waals surface area (Å²) in [6, 6.07) is 1.87. The highest BCUT2D eigenvalue weighted by molar-refractivity contribution is 5.51. The van der Waals surface area contributed by atoms with Crippen LogP contribution in [0.4, 0.5) is 11.8 Å². The molecule has 8 nitrogen and oxygen atoms in total. The fourth-order valence-electron chi connectivity index (χ4n) is 3.13. The minimum atomic E-state index is 0.209. The van der Waals surface area contributed by atoms with E-state index in [0.29, 0.717) is 23.1 Å². The van der Waals surface area contributed by atoms with Crippen molar-refractivity contribution in [3.63, 3.8) is 0 Å². The van der Waals surface area contributed by atoms with Crippen LogP contribution in [-0.4, -0.2) is 34.7 Å². The number of hydrogen-bond donors (Lipinski definition) is 2. The average molecular weight is 387 g/mol. The molecule has 3 rings (SSSR count). The molecule has 0 amide bonds. The molecule has 28 heavy (non-hydrogen) atoms. The SMILES string of the molecule is CCCCNc1nc(N)ncc1OCc1cc(OC2CCCC2)c(OC)cn1. The Balaban J connectivity index is 1.68. The number of hydrogen-bond acceptors (Lipinski definition) is 8. The van der Waals surface area contributed by atoms with Crippen LogP contribution < -0.4 is 25.3 Å². The van der Waals surface area contributed by atoms with E-state index in [4.69, 9.17) is 19.9 Å². The molecule has 0 radical (unpaired) electrons. The molecule has 0 aliphatic heterocycles. The number of methoxy groups -OCH3 is 1. The van der Waals surface area contributed by atoms with Crippen molar-refractivity contribution in [3.05, 3.63) is 24.2 Å². The van der Waals surface area contributed by atoms with Crippen molar-refractivity contribution in [1.82, 2.24) is 15.0 Å². The van der Waals surface area contributed by atoms with Crippen LogP contribution in [0.15, 0.2) is 18.5 Å². The van der Waals surface area contributed by atoms with Crippen LogP contribution in [0, 0.1) is 0 Å².